The van der Waals surface area contributed by atoms with Crippen LogP contribution in [0.3, 0.4) is 0 Å². The lowest BCUT2D eigenvalue weighted by atomic mass is 9.73. The van der Waals surface area contributed by atoms with E-state index in [2.05, 4.69) is 32.7 Å². The molecule has 1 heteroatoms. The monoisotopic (exact) mass is 181 g/mol. The second-order valence-corrected chi connectivity index (χ2v) is 4.76. The van der Waals surface area contributed by atoms with Crippen LogP contribution in [0.5, 0.6) is 0 Å². The molecule has 1 unspecified atom stereocenters. The SMILES string of the molecule is C=CCC(C)NC1CC(C(C)C)C1. The van der Waals surface area contributed by atoms with Gasteiger partial charge in [-0.3, -0.25) is 0 Å². The average Bonchev–Trinajstić information content (AvgIpc) is 1.95. The molecule has 1 aliphatic carbocycles. The van der Waals surface area contributed by atoms with E-state index < -0.39 is 0 Å². The Bertz CT molecular complexity index is 157. The third-order valence-electron chi connectivity index (χ3n) is 3.16. The predicted molar refractivity (Wildman–Crippen MR) is 58.8 cm³/mol. The average molecular weight is 181 g/mol. The molecule has 0 aromatic heterocycles. The Morgan fingerprint density at radius 1 is 1.38 bits per heavy atom. The predicted octanol–water partition coefficient (Wildman–Crippen LogP) is 2.98. The zero-order valence-electron chi connectivity index (χ0n) is 9.22. The highest BCUT2D eigenvalue weighted by Gasteiger charge is 2.31. The molecule has 0 saturated heterocycles. The molecule has 0 heterocycles. The van der Waals surface area contributed by atoms with Gasteiger partial charge in [0.05, 0.1) is 0 Å². The Morgan fingerprint density at radius 2 is 2.00 bits per heavy atom. The highest BCUT2D eigenvalue weighted by atomic mass is 15.0. The molecule has 0 bridgehead atoms. The smallest absolute Gasteiger partial charge is 0.00757 e. The van der Waals surface area contributed by atoms with Crippen LogP contribution < -0.4 is 5.32 Å². The maximum Gasteiger partial charge on any atom is 0.00757 e. The zero-order valence-corrected chi connectivity index (χ0v) is 9.22. The molecule has 76 valence electrons. The Kier molecular flexibility index (Phi) is 3.98. The molecule has 0 spiro atoms. The van der Waals surface area contributed by atoms with Crippen molar-refractivity contribution in [2.45, 2.75) is 52.1 Å². The Balaban J connectivity index is 2.10. The summed E-state index contributed by atoms with van der Waals surface area (Å²) in [5.74, 6) is 1.83. The van der Waals surface area contributed by atoms with Gasteiger partial charge in [-0.05, 0) is 38.0 Å². The maximum absolute atomic E-state index is 3.75. The van der Waals surface area contributed by atoms with Crippen molar-refractivity contribution < 1.29 is 0 Å². The van der Waals surface area contributed by atoms with E-state index in [1.165, 1.54) is 12.8 Å². The molecular formula is C12H23N. The van der Waals surface area contributed by atoms with Crippen molar-refractivity contribution in [1.29, 1.82) is 0 Å². The van der Waals surface area contributed by atoms with Gasteiger partial charge >= 0.3 is 0 Å². The fourth-order valence-corrected chi connectivity index (χ4v) is 2.06. The molecule has 1 rings (SSSR count). The van der Waals surface area contributed by atoms with Gasteiger partial charge < -0.3 is 5.32 Å². The van der Waals surface area contributed by atoms with E-state index in [1.54, 1.807) is 0 Å². The van der Waals surface area contributed by atoms with Crippen molar-refractivity contribution >= 4 is 0 Å². The second-order valence-electron chi connectivity index (χ2n) is 4.76. The van der Waals surface area contributed by atoms with Gasteiger partial charge in [0.15, 0.2) is 0 Å². The van der Waals surface area contributed by atoms with Gasteiger partial charge in [0.1, 0.15) is 0 Å². The van der Waals surface area contributed by atoms with E-state index >= 15 is 0 Å². The molecule has 0 amide bonds. The molecule has 13 heavy (non-hydrogen) atoms. The van der Waals surface area contributed by atoms with Crippen LogP contribution in [-0.2, 0) is 0 Å². The number of hydrogen-bond acceptors (Lipinski definition) is 1. The molecule has 1 atom stereocenters. The van der Waals surface area contributed by atoms with Crippen molar-refractivity contribution in [2.24, 2.45) is 11.8 Å². The van der Waals surface area contributed by atoms with Crippen molar-refractivity contribution in [3.8, 4) is 0 Å². The molecule has 1 aliphatic rings. The first-order valence-electron chi connectivity index (χ1n) is 5.50. The van der Waals surface area contributed by atoms with Gasteiger partial charge in [0, 0.05) is 12.1 Å². The van der Waals surface area contributed by atoms with E-state index in [0.717, 1.165) is 24.3 Å². The summed E-state index contributed by atoms with van der Waals surface area (Å²) in [5, 5.41) is 3.63. The first-order valence-corrected chi connectivity index (χ1v) is 5.50. The van der Waals surface area contributed by atoms with Crippen LogP contribution in [0.1, 0.15) is 40.0 Å². The second kappa shape index (κ2) is 4.80. The summed E-state index contributed by atoms with van der Waals surface area (Å²) >= 11 is 0. The van der Waals surface area contributed by atoms with Gasteiger partial charge in [-0.15, -0.1) is 6.58 Å². The third-order valence-corrected chi connectivity index (χ3v) is 3.16. The number of rotatable bonds is 5. The highest BCUT2D eigenvalue weighted by Crippen LogP contribution is 2.33. The van der Waals surface area contributed by atoms with Gasteiger partial charge in [0.2, 0.25) is 0 Å². The van der Waals surface area contributed by atoms with Gasteiger partial charge in [-0.1, -0.05) is 19.9 Å². The van der Waals surface area contributed by atoms with Crippen LogP contribution in [0, 0.1) is 11.8 Å². The molecule has 1 fully saturated rings. The van der Waals surface area contributed by atoms with E-state index in [1.807, 2.05) is 6.08 Å². The molecule has 0 radical (unpaired) electrons. The maximum atomic E-state index is 3.75. The largest absolute Gasteiger partial charge is 0.311 e. The summed E-state index contributed by atoms with van der Waals surface area (Å²) < 4.78 is 0. The Hall–Kier alpha value is -0.300. The van der Waals surface area contributed by atoms with E-state index in [-0.39, 0.29) is 0 Å². The minimum atomic E-state index is 0.607. The highest BCUT2D eigenvalue weighted by molar-refractivity contribution is 4.89. The molecule has 1 saturated carbocycles. The standard InChI is InChI=1S/C12H23N/c1-5-6-10(4)13-12-7-11(8-12)9(2)3/h5,9-13H,1,6-8H2,2-4H3. The summed E-state index contributed by atoms with van der Waals surface area (Å²) in [6, 6.07) is 1.39. The lowest BCUT2D eigenvalue weighted by Gasteiger charge is -2.40. The molecule has 1 N–H and O–H groups in total. The fourth-order valence-electron chi connectivity index (χ4n) is 2.06. The van der Waals surface area contributed by atoms with E-state index in [9.17, 15) is 0 Å². The fraction of sp³-hybridized carbons (Fsp3) is 0.833. The van der Waals surface area contributed by atoms with Crippen LogP contribution in [0.2, 0.25) is 0 Å². The molecule has 0 aliphatic heterocycles. The third kappa shape index (κ3) is 3.15. The first kappa shape index (κ1) is 10.8. The van der Waals surface area contributed by atoms with Gasteiger partial charge in [0.25, 0.3) is 0 Å². The number of nitrogens with one attached hydrogen (secondary N) is 1. The minimum Gasteiger partial charge on any atom is -0.311 e. The normalized spacial score (nSPS) is 29.8. The minimum absolute atomic E-state index is 0.607. The number of hydrogen-bond donors (Lipinski definition) is 1. The van der Waals surface area contributed by atoms with Crippen LogP contribution in [-0.4, -0.2) is 12.1 Å². The van der Waals surface area contributed by atoms with Gasteiger partial charge in [-0.2, -0.15) is 0 Å². The lowest BCUT2D eigenvalue weighted by Crippen LogP contribution is -2.46. The molecular weight excluding hydrogens is 158 g/mol. The van der Waals surface area contributed by atoms with Crippen LogP contribution >= 0.6 is 0 Å². The summed E-state index contributed by atoms with van der Waals surface area (Å²) in [4.78, 5) is 0. The van der Waals surface area contributed by atoms with Crippen LogP contribution in [0.4, 0.5) is 0 Å². The van der Waals surface area contributed by atoms with Crippen molar-refractivity contribution in [3.05, 3.63) is 12.7 Å². The summed E-state index contributed by atoms with van der Waals surface area (Å²) in [6.07, 6.45) is 5.83. The molecule has 0 aromatic carbocycles. The first-order chi connectivity index (χ1) is 6.13. The van der Waals surface area contributed by atoms with Crippen LogP contribution in [0.15, 0.2) is 12.7 Å². The summed E-state index contributed by atoms with van der Waals surface area (Å²) in [6.45, 7) is 10.7. The van der Waals surface area contributed by atoms with E-state index in [0.29, 0.717) is 6.04 Å². The topological polar surface area (TPSA) is 12.0 Å². The van der Waals surface area contributed by atoms with Crippen LogP contribution in [0.25, 0.3) is 0 Å². The molecule has 1 nitrogen and oxygen atoms in total. The molecule has 0 aromatic rings. The zero-order chi connectivity index (χ0) is 9.84. The quantitative estimate of drug-likeness (QED) is 0.643. The van der Waals surface area contributed by atoms with Gasteiger partial charge in [-0.25, -0.2) is 0 Å². The van der Waals surface area contributed by atoms with E-state index in [4.69, 9.17) is 0 Å². The Labute approximate surface area is 82.6 Å². The summed E-state index contributed by atoms with van der Waals surface area (Å²) in [5.41, 5.74) is 0. The van der Waals surface area contributed by atoms with Crippen molar-refractivity contribution in [2.75, 3.05) is 0 Å². The van der Waals surface area contributed by atoms with Crippen molar-refractivity contribution in [1.82, 2.24) is 5.32 Å². The Morgan fingerprint density at radius 3 is 2.46 bits per heavy atom. The lowest BCUT2D eigenvalue weighted by molar-refractivity contribution is 0.159. The summed E-state index contributed by atoms with van der Waals surface area (Å²) in [7, 11) is 0. The van der Waals surface area contributed by atoms with Crippen molar-refractivity contribution in [3.63, 3.8) is 0 Å².